The van der Waals surface area contributed by atoms with Gasteiger partial charge in [0, 0.05) is 58.3 Å². The van der Waals surface area contributed by atoms with Gasteiger partial charge in [-0.2, -0.15) is 18.3 Å². The fourth-order valence-electron chi connectivity index (χ4n) is 4.27. The molecule has 0 spiro atoms. The zero-order chi connectivity index (χ0) is 24.3. The van der Waals surface area contributed by atoms with Crippen molar-refractivity contribution in [3.63, 3.8) is 0 Å². The van der Waals surface area contributed by atoms with Crippen molar-refractivity contribution in [1.29, 1.82) is 0 Å². The molecule has 2 aliphatic heterocycles. The van der Waals surface area contributed by atoms with Gasteiger partial charge in [-0.25, -0.2) is 4.79 Å². The van der Waals surface area contributed by atoms with Gasteiger partial charge in [-0.3, -0.25) is 14.4 Å². The Morgan fingerprint density at radius 2 is 2.00 bits per heavy atom. The number of nitrogens with zero attached hydrogens (tertiary/aromatic N) is 4. The van der Waals surface area contributed by atoms with E-state index in [2.05, 4.69) is 21.4 Å². The highest BCUT2D eigenvalue weighted by Gasteiger charge is 2.43. The normalized spacial score (nSPS) is 22.5. The van der Waals surface area contributed by atoms with E-state index in [4.69, 9.17) is 14.6 Å². The molecule has 2 saturated heterocycles. The number of likely N-dealkylation sites (tertiary alicyclic amines) is 1. The third-order valence-electron chi connectivity index (χ3n) is 5.94. The van der Waals surface area contributed by atoms with E-state index in [0.717, 1.165) is 31.9 Å². The summed E-state index contributed by atoms with van der Waals surface area (Å²) in [6.07, 6.45) is -2.92. The minimum Gasteiger partial charge on any atom is -0.475 e. The summed E-state index contributed by atoms with van der Waals surface area (Å²) >= 11 is 0. The number of amides is 1. The molecule has 0 saturated carbocycles. The number of aliphatic carboxylic acids is 1. The number of ether oxygens (including phenoxy) is 1. The topological polar surface area (TPSA) is 102 Å². The monoisotopic (exact) mass is 471 g/mol. The second-order valence-corrected chi connectivity index (χ2v) is 8.41. The van der Waals surface area contributed by atoms with Crippen LogP contribution in [0.3, 0.4) is 0 Å². The SMILES string of the molecule is Cc1cc(CN2C[C@@H]3[C@@H](CNC(=O)c4cccn4C)CO[C@@H]3C2)n(C)n1.O=C(O)C(F)(F)F. The van der Waals surface area contributed by atoms with Crippen LogP contribution in [0.2, 0.25) is 0 Å². The van der Waals surface area contributed by atoms with Gasteiger partial charge in [-0.15, -0.1) is 0 Å². The number of hydrogen-bond acceptors (Lipinski definition) is 5. The van der Waals surface area contributed by atoms with Crippen molar-refractivity contribution in [1.82, 2.24) is 24.6 Å². The van der Waals surface area contributed by atoms with E-state index in [0.29, 0.717) is 24.1 Å². The number of alkyl halides is 3. The second-order valence-electron chi connectivity index (χ2n) is 8.41. The highest BCUT2D eigenvalue weighted by molar-refractivity contribution is 5.92. The Kier molecular flexibility index (Phi) is 7.48. The number of aryl methyl sites for hydroxylation is 3. The Hall–Kier alpha value is -2.86. The van der Waals surface area contributed by atoms with Crippen molar-refractivity contribution in [2.75, 3.05) is 26.2 Å². The van der Waals surface area contributed by atoms with Gasteiger partial charge >= 0.3 is 12.1 Å². The Morgan fingerprint density at radius 1 is 1.30 bits per heavy atom. The van der Waals surface area contributed by atoms with Crippen LogP contribution in [0, 0.1) is 18.8 Å². The van der Waals surface area contributed by atoms with Crippen molar-refractivity contribution in [3.8, 4) is 0 Å². The zero-order valence-electron chi connectivity index (χ0n) is 18.7. The molecule has 0 aliphatic carbocycles. The van der Waals surface area contributed by atoms with Crippen LogP contribution >= 0.6 is 0 Å². The summed E-state index contributed by atoms with van der Waals surface area (Å²) in [5.74, 6) is -1.91. The quantitative estimate of drug-likeness (QED) is 0.687. The number of halogens is 3. The number of carboxylic acids is 1. The van der Waals surface area contributed by atoms with Crippen LogP contribution in [-0.4, -0.2) is 74.8 Å². The summed E-state index contributed by atoms with van der Waals surface area (Å²) in [5, 5.41) is 14.6. The number of carbonyl (C=O) groups excluding carboxylic acids is 1. The molecule has 4 rings (SSSR count). The summed E-state index contributed by atoms with van der Waals surface area (Å²) in [5.41, 5.74) is 2.98. The molecule has 0 radical (unpaired) electrons. The van der Waals surface area contributed by atoms with E-state index < -0.39 is 12.1 Å². The smallest absolute Gasteiger partial charge is 0.475 e. The first kappa shape index (κ1) is 24.8. The molecule has 2 aliphatic rings. The summed E-state index contributed by atoms with van der Waals surface area (Å²) in [6.45, 7) is 6.30. The van der Waals surface area contributed by atoms with E-state index in [1.165, 1.54) is 5.69 Å². The lowest BCUT2D eigenvalue weighted by atomic mass is 9.93. The number of nitrogens with one attached hydrogen (secondary N) is 1. The van der Waals surface area contributed by atoms with Crippen molar-refractivity contribution >= 4 is 11.9 Å². The van der Waals surface area contributed by atoms with Crippen molar-refractivity contribution in [2.45, 2.75) is 25.7 Å². The number of aromatic nitrogens is 3. The molecule has 33 heavy (non-hydrogen) atoms. The summed E-state index contributed by atoms with van der Waals surface area (Å²) in [6, 6.07) is 5.88. The Labute approximate surface area is 189 Å². The van der Waals surface area contributed by atoms with Gasteiger partial charge in [0.15, 0.2) is 0 Å². The van der Waals surface area contributed by atoms with Gasteiger partial charge in [0.25, 0.3) is 5.91 Å². The first-order valence-corrected chi connectivity index (χ1v) is 10.5. The maximum Gasteiger partial charge on any atom is 0.490 e. The van der Waals surface area contributed by atoms with E-state index in [1.807, 2.05) is 48.6 Å². The lowest BCUT2D eigenvalue weighted by molar-refractivity contribution is -0.192. The third kappa shape index (κ3) is 6.14. The standard InChI is InChI=1S/C19H27N5O2.C2HF3O2/c1-13-7-15(23(3)21-13)9-24-10-16-14(12-26-18(16)11-24)8-20-19(25)17-5-4-6-22(17)2;3-2(4,5)1(6)7/h4-7,14,16,18H,8-12H2,1-3H3,(H,20,25);(H,6,7)/t14-,16+,18+;/m0./s1. The van der Waals surface area contributed by atoms with E-state index in [9.17, 15) is 18.0 Å². The molecule has 9 nitrogen and oxygen atoms in total. The molecular weight excluding hydrogens is 443 g/mol. The predicted octanol–water partition coefficient (Wildman–Crippen LogP) is 1.58. The number of carboxylic acid groups (broad SMARTS) is 1. The molecule has 0 bridgehead atoms. The maximum absolute atomic E-state index is 12.3. The summed E-state index contributed by atoms with van der Waals surface area (Å²) in [4.78, 5) is 23.7. The Bertz CT molecular complexity index is 987. The number of fused-ring (bicyclic) bond motifs is 1. The second kappa shape index (κ2) is 9.96. The average Bonchev–Trinajstić information content (AvgIpc) is 3.46. The van der Waals surface area contributed by atoms with Crippen molar-refractivity contribution in [3.05, 3.63) is 41.5 Å². The first-order chi connectivity index (χ1) is 15.5. The minimum atomic E-state index is -5.08. The third-order valence-corrected chi connectivity index (χ3v) is 5.94. The Morgan fingerprint density at radius 3 is 2.55 bits per heavy atom. The van der Waals surface area contributed by atoms with Gasteiger partial charge in [-0.05, 0) is 25.1 Å². The highest BCUT2D eigenvalue weighted by Crippen LogP contribution is 2.34. The molecule has 182 valence electrons. The molecule has 0 aromatic carbocycles. The van der Waals surface area contributed by atoms with Gasteiger partial charge in [-0.1, -0.05) is 0 Å². The number of rotatable bonds is 5. The van der Waals surface area contributed by atoms with Crippen LogP contribution in [0.15, 0.2) is 24.4 Å². The van der Waals surface area contributed by atoms with Gasteiger partial charge in [0.2, 0.25) is 0 Å². The van der Waals surface area contributed by atoms with Crippen LogP contribution in [0.1, 0.15) is 21.9 Å². The molecule has 12 heteroatoms. The Balaban J connectivity index is 0.000000383. The number of hydrogen-bond donors (Lipinski definition) is 2. The van der Waals surface area contributed by atoms with E-state index in [-0.39, 0.29) is 12.0 Å². The fraction of sp³-hybridized carbons (Fsp3) is 0.571. The molecule has 4 heterocycles. The lowest BCUT2D eigenvalue weighted by Crippen LogP contribution is -2.35. The molecular formula is C21H28F3N5O4. The summed E-state index contributed by atoms with van der Waals surface area (Å²) < 4.78 is 41.6. The summed E-state index contributed by atoms with van der Waals surface area (Å²) in [7, 11) is 3.89. The minimum absolute atomic E-state index is 0.0128. The molecule has 2 fully saturated rings. The molecule has 3 atom stereocenters. The lowest BCUT2D eigenvalue weighted by Gasteiger charge is -2.20. The number of carbonyl (C=O) groups is 2. The van der Waals surface area contributed by atoms with Crippen LogP contribution in [-0.2, 0) is 30.2 Å². The van der Waals surface area contributed by atoms with E-state index >= 15 is 0 Å². The van der Waals surface area contributed by atoms with Crippen LogP contribution < -0.4 is 5.32 Å². The van der Waals surface area contributed by atoms with Crippen molar-refractivity contribution in [2.24, 2.45) is 25.9 Å². The average molecular weight is 471 g/mol. The van der Waals surface area contributed by atoms with E-state index in [1.54, 1.807) is 0 Å². The molecule has 0 unspecified atom stereocenters. The highest BCUT2D eigenvalue weighted by atomic mass is 19.4. The van der Waals surface area contributed by atoms with Crippen LogP contribution in [0.5, 0.6) is 0 Å². The zero-order valence-corrected chi connectivity index (χ0v) is 18.7. The first-order valence-electron chi connectivity index (χ1n) is 10.5. The molecule has 2 aromatic rings. The predicted molar refractivity (Wildman–Crippen MR) is 111 cm³/mol. The largest absolute Gasteiger partial charge is 0.490 e. The van der Waals surface area contributed by atoms with Crippen molar-refractivity contribution < 1.29 is 32.6 Å². The van der Waals surface area contributed by atoms with Crippen LogP contribution in [0.25, 0.3) is 0 Å². The van der Waals surface area contributed by atoms with Gasteiger partial charge < -0.3 is 19.7 Å². The fourth-order valence-corrected chi connectivity index (χ4v) is 4.27. The molecule has 2 aromatic heterocycles. The molecule has 1 amide bonds. The molecule has 2 N–H and O–H groups in total. The van der Waals surface area contributed by atoms with Crippen LogP contribution in [0.4, 0.5) is 13.2 Å². The van der Waals surface area contributed by atoms with Gasteiger partial charge in [0.1, 0.15) is 5.69 Å². The van der Waals surface area contributed by atoms with Gasteiger partial charge in [0.05, 0.1) is 24.1 Å². The maximum atomic E-state index is 12.3.